The molecule has 1 aromatic carbocycles. The number of aryl methyl sites for hydroxylation is 1. The first-order valence-electron chi connectivity index (χ1n) is 5.47. The van der Waals surface area contributed by atoms with E-state index in [9.17, 15) is 0 Å². The van der Waals surface area contributed by atoms with Gasteiger partial charge in [-0.15, -0.1) is 0 Å². The monoisotopic (exact) mass is 296 g/mol. The number of nitrogens with two attached hydrogens (primary N) is 1. The van der Waals surface area contributed by atoms with Crippen molar-refractivity contribution in [2.45, 2.75) is 6.92 Å². The van der Waals surface area contributed by atoms with Crippen LogP contribution >= 0.6 is 24.0 Å². The highest BCUT2D eigenvalue weighted by Gasteiger charge is 2.11. The molecule has 2 N–H and O–H groups in total. The summed E-state index contributed by atoms with van der Waals surface area (Å²) in [6.07, 6.45) is 3.63. The highest BCUT2D eigenvalue weighted by molar-refractivity contribution is 7.80. The largest absolute Gasteiger partial charge is 0.494 e. The molecule has 100 valence electrons. The second-order valence-corrected chi connectivity index (χ2v) is 4.65. The number of thiocarbonyl (C=S) groups is 1. The van der Waals surface area contributed by atoms with E-state index in [1.54, 1.807) is 25.6 Å². The van der Waals surface area contributed by atoms with E-state index in [0.29, 0.717) is 11.4 Å². The molecule has 1 aromatic heterocycles. The fourth-order valence-corrected chi connectivity index (χ4v) is 1.89. The van der Waals surface area contributed by atoms with E-state index in [1.165, 1.54) is 4.42 Å². The van der Waals surface area contributed by atoms with Crippen LogP contribution in [0.25, 0.3) is 5.69 Å². The molecule has 0 fully saturated rings. The van der Waals surface area contributed by atoms with Gasteiger partial charge in [0.1, 0.15) is 5.75 Å². The molecule has 0 saturated carbocycles. The van der Waals surface area contributed by atoms with Crippen LogP contribution in [0, 0.1) is 6.92 Å². The molecule has 2 rings (SSSR count). The van der Waals surface area contributed by atoms with Crippen molar-refractivity contribution in [3.63, 3.8) is 0 Å². The topological polar surface area (TPSA) is 56.3 Å². The number of ether oxygens (including phenoxy) is 1. The summed E-state index contributed by atoms with van der Waals surface area (Å²) in [4.78, 5) is 4.18. The fourth-order valence-electron chi connectivity index (χ4n) is 1.68. The molecular weight excluding hydrogens is 284 g/mol. The minimum absolute atomic E-state index is 0.0787. The third-order valence-corrected chi connectivity index (χ3v) is 3.23. The van der Waals surface area contributed by atoms with Gasteiger partial charge in [-0.05, 0) is 31.3 Å². The van der Waals surface area contributed by atoms with Crippen LogP contribution in [-0.4, -0.2) is 21.8 Å². The number of hydrogen-bond acceptors (Lipinski definition) is 3. The van der Waals surface area contributed by atoms with Crippen molar-refractivity contribution >= 4 is 34.8 Å². The van der Waals surface area contributed by atoms with Gasteiger partial charge in [0.05, 0.1) is 30.5 Å². The zero-order valence-electron chi connectivity index (χ0n) is 10.5. The summed E-state index contributed by atoms with van der Waals surface area (Å²) in [6, 6.07) is 5.43. The molecule has 19 heavy (non-hydrogen) atoms. The van der Waals surface area contributed by atoms with E-state index in [4.69, 9.17) is 34.5 Å². The number of imidazole rings is 1. The number of hydrogen-bond donors (Lipinski definition) is 1. The Morgan fingerprint density at radius 1 is 1.53 bits per heavy atom. The Balaban J connectivity index is 2.45. The average Bonchev–Trinajstić information content (AvgIpc) is 2.83. The lowest BCUT2D eigenvalue weighted by molar-refractivity contribution is 0.413. The molecule has 0 bridgehead atoms. The summed E-state index contributed by atoms with van der Waals surface area (Å²) < 4.78 is 8.43. The normalized spacial score (nSPS) is 10.3. The molecular formula is C12H13ClN4OS. The highest BCUT2D eigenvalue weighted by atomic mass is 35.5. The molecule has 0 aliphatic rings. The van der Waals surface area contributed by atoms with Crippen molar-refractivity contribution in [3.05, 3.63) is 36.4 Å². The SMILES string of the molecule is COc1cc(N(Cl)C(N)=S)ccc1-n1cnc(C)c1. The Bertz CT molecular complexity index is 614. The minimum Gasteiger partial charge on any atom is -0.494 e. The molecule has 0 amide bonds. The summed E-state index contributed by atoms with van der Waals surface area (Å²) >= 11 is 10.8. The van der Waals surface area contributed by atoms with Gasteiger partial charge in [-0.2, -0.15) is 0 Å². The highest BCUT2D eigenvalue weighted by Crippen LogP contribution is 2.29. The van der Waals surface area contributed by atoms with Gasteiger partial charge in [0, 0.05) is 24.0 Å². The lowest BCUT2D eigenvalue weighted by atomic mass is 10.2. The first kappa shape index (κ1) is 13.6. The van der Waals surface area contributed by atoms with Crippen LogP contribution < -0.4 is 14.9 Å². The second kappa shape index (κ2) is 5.46. The van der Waals surface area contributed by atoms with Gasteiger partial charge in [0.15, 0.2) is 5.11 Å². The smallest absolute Gasteiger partial charge is 0.185 e. The zero-order chi connectivity index (χ0) is 14.0. The van der Waals surface area contributed by atoms with Crippen LogP contribution in [0.1, 0.15) is 5.69 Å². The molecule has 0 aliphatic carbocycles. The molecule has 0 atom stereocenters. The predicted molar refractivity (Wildman–Crippen MR) is 80.0 cm³/mol. The van der Waals surface area contributed by atoms with Crippen LogP contribution in [0.15, 0.2) is 30.7 Å². The van der Waals surface area contributed by atoms with Crippen molar-refractivity contribution in [1.29, 1.82) is 0 Å². The van der Waals surface area contributed by atoms with Crippen molar-refractivity contribution < 1.29 is 4.74 Å². The first-order valence-corrected chi connectivity index (χ1v) is 6.22. The summed E-state index contributed by atoms with van der Waals surface area (Å²) in [6.45, 7) is 1.92. The summed E-state index contributed by atoms with van der Waals surface area (Å²) in [5.41, 5.74) is 7.91. The van der Waals surface area contributed by atoms with Crippen molar-refractivity contribution in [2.24, 2.45) is 5.73 Å². The minimum atomic E-state index is 0.0787. The number of benzene rings is 1. The molecule has 0 aliphatic heterocycles. The van der Waals surface area contributed by atoms with Gasteiger partial charge in [0.2, 0.25) is 0 Å². The molecule has 0 unspecified atom stereocenters. The number of methoxy groups -OCH3 is 1. The standard InChI is InChI=1S/C12H13ClN4OS/c1-8-6-16(7-15-8)10-4-3-9(5-11(10)18-2)17(13)12(14)19/h3-7H,1-2H3,(H2,14,19). The predicted octanol–water partition coefficient (Wildman–Crippen LogP) is 2.39. The van der Waals surface area contributed by atoms with E-state index in [1.807, 2.05) is 23.8 Å². The molecule has 0 radical (unpaired) electrons. The second-order valence-electron chi connectivity index (χ2n) is 3.90. The molecule has 5 nitrogen and oxygen atoms in total. The van der Waals surface area contributed by atoms with Gasteiger partial charge in [-0.1, -0.05) is 0 Å². The van der Waals surface area contributed by atoms with E-state index in [2.05, 4.69) is 4.98 Å². The van der Waals surface area contributed by atoms with Gasteiger partial charge in [0.25, 0.3) is 0 Å². The Labute approximate surface area is 121 Å². The van der Waals surface area contributed by atoms with E-state index < -0.39 is 0 Å². The molecule has 2 aromatic rings. The maximum absolute atomic E-state index is 5.96. The van der Waals surface area contributed by atoms with Gasteiger partial charge >= 0.3 is 0 Å². The molecule has 0 saturated heterocycles. The van der Waals surface area contributed by atoms with Crippen LogP contribution in [0.3, 0.4) is 0 Å². The van der Waals surface area contributed by atoms with Crippen molar-refractivity contribution in [2.75, 3.05) is 11.5 Å². The van der Waals surface area contributed by atoms with Crippen LogP contribution in [0.5, 0.6) is 5.75 Å². The number of halogens is 1. The summed E-state index contributed by atoms with van der Waals surface area (Å²) in [5, 5.41) is 0.0787. The van der Waals surface area contributed by atoms with Crippen LogP contribution in [-0.2, 0) is 0 Å². The van der Waals surface area contributed by atoms with Crippen LogP contribution in [0.2, 0.25) is 0 Å². The summed E-state index contributed by atoms with van der Waals surface area (Å²) in [5.74, 6) is 0.650. The maximum Gasteiger partial charge on any atom is 0.185 e. The fraction of sp³-hybridized carbons (Fsp3) is 0.167. The average molecular weight is 297 g/mol. The van der Waals surface area contributed by atoms with Crippen LogP contribution in [0.4, 0.5) is 5.69 Å². The Kier molecular flexibility index (Phi) is 3.92. The number of nitrogens with zero attached hydrogens (tertiary/aromatic N) is 3. The van der Waals surface area contributed by atoms with E-state index in [0.717, 1.165) is 11.4 Å². The summed E-state index contributed by atoms with van der Waals surface area (Å²) in [7, 11) is 1.59. The maximum atomic E-state index is 5.96. The van der Waals surface area contributed by atoms with Gasteiger partial charge < -0.3 is 15.0 Å². The zero-order valence-corrected chi connectivity index (χ0v) is 12.1. The van der Waals surface area contributed by atoms with Crippen molar-refractivity contribution in [3.8, 4) is 11.4 Å². The first-order chi connectivity index (χ1) is 9.02. The van der Waals surface area contributed by atoms with E-state index in [-0.39, 0.29) is 5.11 Å². The molecule has 7 heteroatoms. The lowest BCUT2D eigenvalue weighted by Gasteiger charge is -2.16. The Morgan fingerprint density at radius 2 is 2.26 bits per heavy atom. The third kappa shape index (κ3) is 2.80. The molecule has 0 spiro atoms. The lowest BCUT2D eigenvalue weighted by Crippen LogP contribution is -2.26. The number of aromatic nitrogens is 2. The molecule has 1 heterocycles. The number of rotatable bonds is 3. The Hall–Kier alpha value is -1.79. The van der Waals surface area contributed by atoms with E-state index >= 15 is 0 Å². The van der Waals surface area contributed by atoms with Gasteiger partial charge in [-0.25, -0.2) is 9.40 Å². The third-order valence-electron chi connectivity index (χ3n) is 2.57. The quantitative estimate of drug-likeness (QED) is 0.696. The number of anilines is 1. The Morgan fingerprint density at radius 3 is 2.79 bits per heavy atom. The van der Waals surface area contributed by atoms with Crippen molar-refractivity contribution in [1.82, 2.24) is 9.55 Å². The van der Waals surface area contributed by atoms with Gasteiger partial charge in [-0.3, -0.25) is 0 Å².